The number of carbonyl (C=O) groups is 1. The van der Waals surface area contributed by atoms with E-state index in [0.29, 0.717) is 36.8 Å². The maximum absolute atomic E-state index is 12.8. The Morgan fingerprint density at radius 2 is 1.96 bits per heavy atom. The lowest BCUT2D eigenvalue weighted by molar-refractivity contribution is 0.0940. The van der Waals surface area contributed by atoms with E-state index in [1.54, 1.807) is 10.8 Å². The molecule has 0 fully saturated rings. The summed E-state index contributed by atoms with van der Waals surface area (Å²) in [6, 6.07) is 11.5. The van der Waals surface area contributed by atoms with Gasteiger partial charge in [0.15, 0.2) is 0 Å². The second-order valence-corrected chi connectivity index (χ2v) is 5.71. The van der Waals surface area contributed by atoms with E-state index >= 15 is 0 Å². The average Bonchev–Trinajstić information content (AvgIpc) is 3.18. The van der Waals surface area contributed by atoms with Crippen molar-refractivity contribution in [2.24, 2.45) is 0 Å². The Morgan fingerprint density at radius 3 is 2.83 bits per heavy atom. The number of carbonyl (C=O) groups excluding carboxylic acids is 1. The fraction of sp³-hybridized carbons (Fsp3) is 0.263. The highest BCUT2D eigenvalue weighted by molar-refractivity contribution is 6.13. The van der Waals surface area contributed by atoms with Gasteiger partial charge in [-0.2, -0.15) is 0 Å². The van der Waals surface area contributed by atoms with Gasteiger partial charge in [-0.05, 0) is 30.7 Å². The number of benzene rings is 1. The Bertz CT molecular complexity index is 914. The summed E-state index contributed by atoms with van der Waals surface area (Å²) in [5, 5.41) is 0.853. The molecule has 1 aromatic carbocycles. The predicted molar refractivity (Wildman–Crippen MR) is 91.5 cm³/mol. The summed E-state index contributed by atoms with van der Waals surface area (Å²) >= 11 is 0. The molecule has 0 N–H and O–H groups in total. The quantitative estimate of drug-likeness (QED) is 0.510. The summed E-state index contributed by atoms with van der Waals surface area (Å²) in [7, 11) is 0. The molecule has 2 aromatic heterocycles. The minimum atomic E-state index is -0.0901. The van der Waals surface area contributed by atoms with Crippen LogP contribution < -0.4 is 4.74 Å². The third kappa shape index (κ3) is 2.29. The SMILES string of the molecule is CCCOCCOc1c2c(nc3ccccc13)-c1cccn1C2=O. The lowest BCUT2D eigenvalue weighted by Gasteiger charge is -2.13. The van der Waals surface area contributed by atoms with E-state index in [-0.39, 0.29) is 5.91 Å². The molecule has 5 heteroatoms. The molecule has 0 saturated heterocycles. The Hall–Kier alpha value is -2.66. The van der Waals surface area contributed by atoms with Crippen molar-refractivity contribution in [1.29, 1.82) is 0 Å². The summed E-state index contributed by atoms with van der Waals surface area (Å²) in [5.41, 5.74) is 2.86. The lowest BCUT2D eigenvalue weighted by atomic mass is 10.1. The minimum Gasteiger partial charge on any atom is -0.490 e. The molecule has 1 aliphatic rings. The van der Waals surface area contributed by atoms with Crippen molar-refractivity contribution in [3.05, 3.63) is 48.2 Å². The Labute approximate surface area is 139 Å². The van der Waals surface area contributed by atoms with Gasteiger partial charge in [0.25, 0.3) is 5.91 Å². The summed E-state index contributed by atoms with van der Waals surface area (Å²) in [4.78, 5) is 17.4. The predicted octanol–water partition coefficient (Wildman–Crippen LogP) is 3.51. The van der Waals surface area contributed by atoms with Gasteiger partial charge in [0.05, 0.1) is 17.8 Å². The summed E-state index contributed by atoms with van der Waals surface area (Å²) in [5.74, 6) is 0.511. The first kappa shape index (κ1) is 14.9. The van der Waals surface area contributed by atoms with E-state index in [0.717, 1.165) is 23.0 Å². The Morgan fingerprint density at radius 1 is 1.08 bits per heavy atom. The molecule has 3 aromatic rings. The fourth-order valence-electron chi connectivity index (χ4n) is 3.04. The number of ether oxygens (including phenoxy) is 2. The van der Waals surface area contributed by atoms with Crippen LogP contribution in [0.15, 0.2) is 42.6 Å². The third-order valence-corrected chi connectivity index (χ3v) is 4.09. The smallest absolute Gasteiger partial charge is 0.268 e. The number of rotatable bonds is 6. The normalized spacial score (nSPS) is 12.5. The number of pyridine rings is 1. The standard InChI is InChI=1S/C19H18N2O3/c1-2-10-23-11-12-24-18-13-6-3-4-7-14(13)20-17-15-8-5-9-21(15)19(22)16(17)18/h3-9H,2,10-12H2,1H3. The molecule has 122 valence electrons. The molecule has 0 atom stereocenters. The zero-order valence-corrected chi connectivity index (χ0v) is 13.5. The molecule has 5 nitrogen and oxygen atoms in total. The molecule has 4 rings (SSSR count). The van der Waals surface area contributed by atoms with Crippen molar-refractivity contribution in [2.75, 3.05) is 19.8 Å². The maximum Gasteiger partial charge on any atom is 0.268 e. The van der Waals surface area contributed by atoms with Crippen LogP contribution in [0.3, 0.4) is 0 Å². The first-order valence-electron chi connectivity index (χ1n) is 8.17. The molecule has 0 saturated carbocycles. The van der Waals surface area contributed by atoms with Gasteiger partial charge in [-0.3, -0.25) is 9.36 Å². The number of hydrogen-bond donors (Lipinski definition) is 0. The van der Waals surface area contributed by atoms with Crippen molar-refractivity contribution in [3.8, 4) is 17.1 Å². The molecular formula is C19H18N2O3. The minimum absolute atomic E-state index is 0.0901. The largest absolute Gasteiger partial charge is 0.490 e. The molecule has 0 amide bonds. The van der Waals surface area contributed by atoms with Crippen molar-refractivity contribution in [3.63, 3.8) is 0 Å². The summed E-state index contributed by atoms with van der Waals surface area (Å²) < 4.78 is 13.1. The zero-order chi connectivity index (χ0) is 16.5. The van der Waals surface area contributed by atoms with Gasteiger partial charge in [0.2, 0.25) is 0 Å². The van der Waals surface area contributed by atoms with Crippen LogP contribution in [0.25, 0.3) is 22.3 Å². The number of hydrogen-bond acceptors (Lipinski definition) is 4. The zero-order valence-electron chi connectivity index (χ0n) is 13.5. The lowest BCUT2D eigenvalue weighted by Crippen LogP contribution is -2.12. The maximum atomic E-state index is 12.8. The molecule has 0 bridgehead atoms. The van der Waals surface area contributed by atoms with E-state index in [9.17, 15) is 4.79 Å². The van der Waals surface area contributed by atoms with Crippen LogP contribution in [-0.4, -0.2) is 35.3 Å². The third-order valence-electron chi connectivity index (χ3n) is 4.09. The Balaban J connectivity index is 1.78. The van der Waals surface area contributed by atoms with Crippen LogP contribution in [-0.2, 0) is 4.74 Å². The van der Waals surface area contributed by atoms with Crippen LogP contribution >= 0.6 is 0 Å². The molecule has 24 heavy (non-hydrogen) atoms. The van der Waals surface area contributed by atoms with E-state index in [4.69, 9.17) is 9.47 Å². The number of aromatic nitrogens is 2. The first-order chi connectivity index (χ1) is 11.8. The molecular weight excluding hydrogens is 304 g/mol. The fourth-order valence-corrected chi connectivity index (χ4v) is 3.04. The van der Waals surface area contributed by atoms with Crippen LogP contribution in [0.4, 0.5) is 0 Å². The number of nitrogens with zero attached hydrogens (tertiary/aromatic N) is 2. The molecule has 3 heterocycles. The monoisotopic (exact) mass is 322 g/mol. The van der Waals surface area contributed by atoms with Gasteiger partial charge < -0.3 is 9.47 Å². The van der Waals surface area contributed by atoms with E-state index in [2.05, 4.69) is 11.9 Å². The highest BCUT2D eigenvalue weighted by Gasteiger charge is 2.32. The first-order valence-corrected chi connectivity index (χ1v) is 8.17. The molecule has 0 spiro atoms. The van der Waals surface area contributed by atoms with Gasteiger partial charge in [-0.15, -0.1) is 0 Å². The van der Waals surface area contributed by atoms with E-state index in [1.807, 2.05) is 36.4 Å². The van der Waals surface area contributed by atoms with E-state index < -0.39 is 0 Å². The molecule has 0 unspecified atom stereocenters. The van der Waals surface area contributed by atoms with Gasteiger partial charge in [-0.1, -0.05) is 19.1 Å². The van der Waals surface area contributed by atoms with Crippen LogP contribution in [0.5, 0.6) is 5.75 Å². The second kappa shape index (κ2) is 6.09. The molecule has 0 aliphatic carbocycles. The van der Waals surface area contributed by atoms with Crippen molar-refractivity contribution in [1.82, 2.24) is 9.55 Å². The molecule has 0 radical (unpaired) electrons. The number of para-hydroxylation sites is 1. The topological polar surface area (TPSA) is 53.4 Å². The van der Waals surface area contributed by atoms with Gasteiger partial charge >= 0.3 is 0 Å². The average molecular weight is 322 g/mol. The highest BCUT2D eigenvalue weighted by Crippen LogP contribution is 2.40. The van der Waals surface area contributed by atoms with Crippen molar-refractivity contribution < 1.29 is 14.3 Å². The molecule has 1 aliphatic heterocycles. The number of fused-ring (bicyclic) bond motifs is 4. The van der Waals surface area contributed by atoms with Crippen LogP contribution in [0.1, 0.15) is 23.7 Å². The van der Waals surface area contributed by atoms with Gasteiger partial charge in [0, 0.05) is 18.2 Å². The second-order valence-electron chi connectivity index (χ2n) is 5.71. The van der Waals surface area contributed by atoms with Gasteiger partial charge in [-0.25, -0.2) is 4.98 Å². The van der Waals surface area contributed by atoms with E-state index in [1.165, 1.54) is 0 Å². The van der Waals surface area contributed by atoms with Gasteiger partial charge in [0.1, 0.15) is 23.6 Å². The summed E-state index contributed by atoms with van der Waals surface area (Å²) in [6.07, 6.45) is 2.74. The van der Waals surface area contributed by atoms with Crippen molar-refractivity contribution in [2.45, 2.75) is 13.3 Å². The highest BCUT2D eigenvalue weighted by atomic mass is 16.5. The van der Waals surface area contributed by atoms with Crippen molar-refractivity contribution >= 4 is 16.8 Å². The summed E-state index contributed by atoms with van der Waals surface area (Å²) in [6.45, 7) is 3.68. The van der Waals surface area contributed by atoms with Crippen LogP contribution in [0, 0.1) is 0 Å². The Kier molecular flexibility index (Phi) is 3.78. The van der Waals surface area contributed by atoms with Crippen LogP contribution in [0.2, 0.25) is 0 Å².